The smallest absolute Gasteiger partial charge is 0.251 e. The molecule has 15 heteroatoms. The molecular weight excluding hydrogens is 876 g/mol. The maximum atomic E-state index is 13.8. The standard InChI is InChI=1S/C51H63ClN6O7S/c1-31(2)41(47(63)58-28-38(59)24-43(58)46(62)55-27-33-11-13-34(14-12-33)44-32(3)56-30-66-44)23-39(60)29-64-22-10-8-9-21-54-37-18-15-35(16-19-37)45(61)57-48-50(4,5)49(51(48,6)7)65-40-20-17-36(26-53)42(52)25-40/h11-20,25,30-31,38,41,43,48-49,54,59H,8-10,21-24,27-29H2,1-7H3,(H,55,62)(H,57,61)/t38-,41?,43?,48?,49?/m1/s1. The number of nitrogens with zero attached hydrogens (tertiary/aromatic N) is 3. The number of amides is 3. The largest absolute Gasteiger partial charge is 0.489 e. The average molecular weight is 940 g/mol. The first-order valence-electron chi connectivity index (χ1n) is 22.8. The van der Waals surface area contributed by atoms with Gasteiger partial charge in [-0.25, -0.2) is 4.98 Å². The number of nitrogens with one attached hydrogen (secondary N) is 3. The van der Waals surface area contributed by atoms with Crippen molar-refractivity contribution in [3.05, 3.63) is 99.6 Å². The van der Waals surface area contributed by atoms with Gasteiger partial charge in [0.2, 0.25) is 11.8 Å². The van der Waals surface area contributed by atoms with E-state index in [1.54, 1.807) is 29.5 Å². The van der Waals surface area contributed by atoms with Gasteiger partial charge in [0.15, 0.2) is 5.78 Å². The normalized spacial score (nSPS) is 19.9. The second kappa shape index (κ2) is 22.0. The van der Waals surface area contributed by atoms with Crippen molar-refractivity contribution in [1.82, 2.24) is 20.5 Å². The van der Waals surface area contributed by atoms with Crippen LogP contribution in [-0.4, -0.2) is 89.1 Å². The van der Waals surface area contributed by atoms with E-state index in [4.69, 9.17) is 21.1 Å². The van der Waals surface area contributed by atoms with Crippen LogP contribution in [0.4, 0.5) is 5.69 Å². The Bertz CT molecular complexity index is 2360. The minimum atomic E-state index is -0.827. The van der Waals surface area contributed by atoms with Crippen LogP contribution in [0.2, 0.25) is 5.02 Å². The molecule has 3 amide bonds. The van der Waals surface area contributed by atoms with Crippen molar-refractivity contribution >= 4 is 52.1 Å². The predicted octanol–water partition coefficient (Wildman–Crippen LogP) is 8.36. The molecule has 6 rings (SSSR count). The van der Waals surface area contributed by atoms with Gasteiger partial charge in [-0.3, -0.25) is 19.2 Å². The van der Waals surface area contributed by atoms with Crippen LogP contribution < -0.4 is 20.7 Å². The molecule has 3 aromatic carbocycles. The molecule has 0 spiro atoms. The molecule has 1 aliphatic carbocycles. The van der Waals surface area contributed by atoms with E-state index in [2.05, 4.69) is 54.7 Å². The molecule has 0 radical (unpaired) electrons. The predicted molar refractivity (Wildman–Crippen MR) is 257 cm³/mol. The number of hydrogen-bond donors (Lipinski definition) is 4. The zero-order valence-electron chi connectivity index (χ0n) is 39.0. The van der Waals surface area contributed by atoms with Gasteiger partial charge in [0.25, 0.3) is 5.91 Å². The van der Waals surface area contributed by atoms with Gasteiger partial charge >= 0.3 is 0 Å². The molecule has 13 nitrogen and oxygen atoms in total. The third-order valence-electron chi connectivity index (χ3n) is 13.0. The number of aliphatic hydroxyl groups excluding tert-OH is 1. The molecule has 352 valence electrons. The number of aryl methyl sites for hydroxylation is 1. The number of aromatic nitrogens is 1. The summed E-state index contributed by atoms with van der Waals surface area (Å²) in [6.07, 6.45) is 1.63. The molecular formula is C51H63ClN6O7S. The SMILES string of the molecule is Cc1ncsc1-c1ccc(CNC(=O)C2C[C@@H](O)CN2C(=O)C(CC(=O)COCCCCCNc2ccc(C(=O)NC3C(C)(C)C(Oc4ccc(C#N)c(Cl)c4)C3(C)C)cc2)C(C)C)cc1. The molecule has 1 aliphatic heterocycles. The highest BCUT2D eigenvalue weighted by atomic mass is 35.5. The van der Waals surface area contributed by atoms with Crippen molar-refractivity contribution in [3.63, 3.8) is 0 Å². The summed E-state index contributed by atoms with van der Waals surface area (Å²) in [5.74, 6) is -1.19. The number of Topliss-reactive ketones (excluding diaryl/α,β-unsaturated/α-hetero) is 1. The zero-order valence-corrected chi connectivity index (χ0v) is 40.6. The van der Waals surface area contributed by atoms with Crippen LogP contribution in [0.5, 0.6) is 5.75 Å². The number of hydrogen-bond acceptors (Lipinski definition) is 11. The number of unbranched alkanes of at least 4 members (excludes halogenated alkanes) is 2. The van der Waals surface area contributed by atoms with Gasteiger partial charge in [-0.05, 0) is 79.6 Å². The Morgan fingerprint density at radius 2 is 1.71 bits per heavy atom. The number of anilines is 1. The third-order valence-corrected chi connectivity index (χ3v) is 14.3. The Morgan fingerprint density at radius 3 is 2.35 bits per heavy atom. The van der Waals surface area contributed by atoms with Crippen LogP contribution >= 0.6 is 22.9 Å². The van der Waals surface area contributed by atoms with Crippen LogP contribution in [0.15, 0.2) is 72.2 Å². The number of carbonyl (C=O) groups excluding carboxylic acids is 4. The lowest BCUT2D eigenvalue weighted by atomic mass is 9.49. The van der Waals surface area contributed by atoms with Gasteiger partial charge in [-0.15, -0.1) is 11.3 Å². The second-order valence-corrected chi connectivity index (χ2v) is 20.4. The molecule has 4 N–H and O–H groups in total. The lowest BCUT2D eigenvalue weighted by Gasteiger charge is -2.63. The molecule has 66 heavy (non-hydrogen) atoms. The fourth-order valence-electron chi connectivity index (χ4n) is 9.57. The lowest BCUT2D eigenvalue weighted by Crippen LogP contribution is -2.74. The van der Waals surface area contributed by atoms with Gasteiger partial charge in [0, 0.05) is 79.2 Å². The number of carbonyl (C=O) groups is 4. The topological polar surface area (TPSA) is 183 Å². The highest BCUT2D eigenvalue weighted by molar-refractivity contribution is 7.13. The number of halogens is 1. The zero-order chi connectivity index (χ0) is 47.8. The summed E-state index contributed by atoms with van der Waals surface area (Å²) >= 11 is 7.81. The Kier molecular flexibility index (Phi) is 16.7. The Balaban J connectivity index is 0.864. The summed E-state index contributed by atoms with van der Waals surface area (Å²) in [5.41, 5.74) is 5.87. The van der Waals surface area contributed by atoms with Crippen LogP contribution in [0.3, 0.4) is 0 Å². The Labute approximate surface area is 397 Å². The number of rotatable bonds is 21. The van der Waals surface area contributed by atoms with E-state index < -0.39 is 18.1 Å². The molecule has 2 unspecified atom stereocenters. The van der Waals surface area contributed by atoms with Crippen molar-refractivity contribution in [1.29, 1.82) is 5.26 Å². The fraction of sp³-hybridized carbons (Fsp3) is 0.490. The van der Waals surface area contributed by atoms with Crippen molar-refractivity contribution in [2.45, 2.75) is 111 Å². The average Bonchev–Trinajstić information content (AvgIpc) is 3.91. The van der Waals surface area contributed by atoms with Gasteiger partial charge < -0.3 is 35.4 Å². The minimum Gasteiger partial charge on any atom is -0.489 e. The highest BCUT2D eigenvalue weighted by Crippen LogP contribution is 2.55. The number of nitriles is 1. The molecule has 2 fully saturated rings. The number of aliphatic hydroxyl groups is 1. The first-order valence-corrected chi connectivity index (χ1v) is 24.0. The van der Waals surface area contributed by atoms with E-state index in [0.29, 0.717) is 28.5 Å². The summed E-state index contributed by atoms with van der Waals surface area (Å²) in [5, 5.41) is 29.6. The maximum absolute atomic E-state index is 13.8. The van der Waals surface area contributed by atoms with Gasteiger partial charge in [0.05, 0.1) is 32.8 Å². The van der Waals surface area contributed by atoms with Crippen LogP contribution in [0, 0.1) is 40.9 Å². The van der Waals surface area contributed by atoms with Crippen molar-refractivity contribution in [2.75, 3.05) is 31.6 Å². The number of likely N-dealkylation sites (tertiary alicyclic amines) is 1. The minimum absolute atomic E-state index is 0.00352. The van der Waals surface area contributed by atoms with Crippen molar-refractivity contribution < 1.29 is 33.8 Å². The van der Waals surface area contributed by atoms with Crippen molar-refractivity contribution in [3.8, 4) is 22.3 Å². The third kappa shape index (κ3) is 12.0. The summed E-state index contributed by atoms with van der Waals surface area (Å²) in [7, 11) is 0. The van der Waals surface area contributed by atoms with E-state index in [1.807, 2.05) is 74.8 Å². The Morgan fingerprint density at radius 1 is 1.00 bits per heavy atom. The van der Waals surface area contributed by atoms with Crippen LogP contribution in [-0.2, 0) is 25.7 Å². The molecule has 3 atom stereocenters. The number of benzene rings is 3. The molecule has 2 aliphatic rings. The fourth-order valence-corrected chi connectivity index (χ4v) is 10.6. The molecule has 1 aromatic heterocycles. The van der Waals surface area contributed by atoms with E-state index >= 15 is 0 Å². The summed E-state index contributed by atoms with van der Waals surface area (Å²) < 4.78 is 12.1. The molecule has 4 aromatic rings. The van der Waals surface area contributed by atoms with Crippen LogP contribution in [0.1, 0.15) is 101 Å². The number of β-amino-alcohol motifs (C(OH)–C–C–N with tert-alkyl or cyclic N) is 1. The summed E-state index contributed by atoms with van der Waals surface area (Å²) in [4.78, 5) is 60.5. The summed E-state index contributed by atoms with van der Waals surface area (Å²) in [6, 6.07) is 21.4. The first-order chi connectivity index (χ1) is 31.4. The Hall–Kier alpha value is -5.33. The van der Waals surface area contributed by atoms with E-state index in [9.17, 15) is 29.5 Å². The van der Waals surface area contributed by atoms with Crippen LogP contribution in [0.25, 0.3) is 10.4 Å². The highest BCUT2D eigenvalue weighted by Gasteiger charge is 2.64. The number of thiazole rings is 1. The maximum Gasteiger partial charge on any atom is 0.251 e. The summed E-state index contributed by atoms with van der Waals surface area (Å²) in [6.45, 7) is 15.4. The first kappa shape index (κ1) is 50.1. The van der Waals surface area contributed by atoms with E-state index in [-0.39, 0.29) is 84.9 Å². The quantitative estimate of drug-likeness (QED) is 0.0593. The molecule has 0 bridgehead atoms. The van der Waals surface area contributed by atoms with Crippen molar-refractivity contribution in [2.24, 2.45) is 22.7 Å². The number of ether oxygens (including phenoxy) is 2. The lowest BCUT2D eigenvalue weighted by molar-refractivity contribution is -0.164. The van der Waals surface area contributed by atoms with Gasteiger partial charge in [-0.2, -0.15) is 5.26 Å². The number of ketones is 1. The molecule has 1 saturated heterocycles. The van der Waals surface area contributed by atoms with E-state index in [0.717, 1.165) is 53.2 Å². The second-order valence-electron chi connectivity index (χ2n) is 19.1. The molecule has 1 saturated carbocycles. The van der Waals surface area contributed by atoms with Gasteiger partial charge in [-0.1, -0.05) is 77.4 Å². The van der Waals surface area contributed by atoms with E-state index in [1.165, 1.54) is 4.90 Å². The monoisotopic (exact) mass is 938 g/mol. The van der Waals surface area contributed by atoms with Gasteiger partial charge in [0.1, 0.15) is 30.6 Å². The molecule has 2 heterocycles.